The number of carbonyl (C=O) groups excluding carboxylic acids is 1. The molecule has 0 saturated carbocycles. The van der Waals surface area contributed by atoms with Crippen LogP contribution in [-0.2, 0) is 11.3 Å². The molecule has 1 aliphatic heterocycles. The monoisotopic (exact) mass is 336 g/mol. The van der Waals surface area contributed by atoms with Gasteiger partial charge in [0.25, 0.3) is 0 Å². The number of para-hydroxylation sites is 1. The predicted molar refractivity (Wildman–Crippen MR) is 98.3 cm³/mol. The van der Waals surface area contributed by atoms with Crippen LogP contribution in [0, 0.1) is 0 Å². The van der Waals surface area contributed by atoms with Gasteiger partial charge in [0.2, 0.25) is 5.91 Å². The number of amides is 1. The summed E-state index contributed by atoms with van der Waals surface area (Å²) in [6.45, 7) is 2.53. The molecule has 2 aromatic heterocycles. The molecule has 0 atom stereocenters. The van der Waals surface area contributed by atoms with Gasteiger partial charge < -0.3 is 9.88 Å². The van der Waals surface area contributed by atoms with Crippen LogP contribution < -0.4 is 0 Å². The number of benzene rings is 1. The van der Waals surface area contributed by atoms with E-state index in [4.69, 9.17) is 0 Å². The average molecular weight is 336 g/mol. The van der Waals surface area contributed by atoms with E-state index in [1.54, 1.807) is 6.20 Å². The molecule has 3 heterocycles. The Kier molecular flexibility index (Phi) is 4.55. The summed E-state index contributed by atoms with van der Waals surface area (Å²) in [5, 5.41) is 5.45. The number of nitrogens with one attached hydrogen (secondary N) is 1. The fourth-order valence-electron chi connectivity index (χ4n) is 3.74. The highest BCUT2D eigenvalue weighted by molar-refractivity contribution is 5.80. The zero-order valence-electron chi connectivity index (χ0n) is 14.4. The number of rotatable bonds is 5. The van der Waals surface area contributed by atoms with E-state index in [1.807, 2.05) is 21.8 Å². The fraction of sp³-hybridized carbons (Fsp3) is 0.400. The van der Waals surface area contributed by atoms with Gasteiger partial charge in [0.05, 0.1) is 0 Å². The van der Waals surface area contributed by atoms with E-state index in [-0.39, 0.29) is 5.91 Å². The third-order valence-corrected chi connectivity index (χ3v) is 5.18. The summed E-state index contributed by atoms with van der Waals surface area (Å²) in [5.74, 6) is 0.808. The molecule has 0 aliphatic carbocycles. The zero-order chi connectivity index (χ0) is 17.1. The molecule has 0 unspecified atom stereocenters. The largest absolute Gasteiger partial charge is 0.358 e. The third-order valence-electron chi connectivity index (χ3n) is 5.18. The molecule has 0 bridgehead atoms. The number of carbonyl (C=O) groups is 1. The maximum atomic E-state index is 12.4. The van der Waals surface area contributed by atoms with E-state index in [0.717, 1.165) is 38.9 Å². The van der Waals surface area contributed by atoms with E-state index in [0.29, 0.717) is 12.3 Å². The molecule has 130 valence electrons. The lowest BCUT2D eigenvalue weighted by atomic mass is 9.93. The lowest BCUT2D eigenvalue weighted by Crippen LogP contribution is -2.37. The molecule has 4 rings (SSSR count). The lowest BCUT2D eigenvalue weighted by molar-refractivity contribution is -0.132. The van der Waals surface area contributed by atoms with Crippen LogP contribution in [0.1, 0.15) is 37.3 Å². The molecule has 1 amide bonds. The van der Waals surface area contributed by atoms with Gasteiger partial charge in [0, 0.05) is 55.6 Å². The minimum absolute atomic E-state index is 0.280. The molecular weight excluding hydrogens is 312 g/mol. The van der Waals surface area contributed by atoms with Crippen molar-refractivity contribution in [2.24, 2.45) is 0 Å². The van der Waals surface area contributed by atoms with Crippen LogP contribution in [-0.4, -0.2) is 38.7 Å². The number of hydrogen-bond donors (Lipinski definition) is 1. The van der Waals surface area contributed by atoms with Crippen LogP contribution in [0.5, 0.6) is 0 Å². The first-order chi connectivity index (χ1) is 12.3. The van der Waals surface area contributed by atoms with Crippen molar-refractivity contribution in [3.05, 3.63) is 54.5 Å². The second kappa shape index (κ2) is 7.13. The second-order valence-electron chi connectivity index (χ2n) is 6.84. The van der Waals surface area contributed by atoms with E-state index < -0.39 is 0 Å². The number of hydrogen-bond acceptors (Lipinski definition) is 2. The summed E-state index contributed by atoms with van der Waals surface area (Å²) in [4.78, 5) is 18.0. The number of aromatic amines is 1. The lowest BCUT2D eigenvalue weighted by Gasteiger charge is -2.31. The molecule has 25 heavy (non-hydrogen) atoms. The highest BCUT2D eigenvalue weighted by Crippen LogP contribution is 2.30. The van der Waals surface area contributed by atoms with Crippen LogP contribution in [0.3, 0.4) is 0 Å². The smallest absolute Gasteiger partial charge is 0.222 e. The normalized spacial score (nSPS) is 15.8. The Morgan fingerprint density at radius 3 is 2.80 bits per heavy atom. The molecule has 0 spiro atoms. The number of fused-ring (bicyclic) bond motifs is 1. The Bertz CT molecular complexity index is 795. The van der Waals surface area contributed by atoms with E-state index >= 15 is 0 Å². The van der Waals surface area contributed by atoms with Crippen molar-refractivity contribution in [2.45, 2.75) is 38.1 Å². The molecule has 3 aromatic rings. The molecule has 1 fully saturated rings. The molecule has 1 aliphatic rings. The van der Waals surface area contributed by atoms with Crippen molar-refractivity contribution in [3.63, 3.8) is 0 Å². The van der Waals surface area contributed by atoms with Crippen LogP contribution >= 0.6 is 0 Å². The Morgan fingerprint density at radius 2 is 2.04 bits per heavy atom. The highest BCUT2D eigenvalue weighted by Gasteiger charge is 2.24. The standard InChI is InChI=1S/C20H24N4O/c25-20(7-3-11-24-12-4-10-21-24)23-13-8-16(9-14-23)19-15-17-5-1-2-6-18(17)22-19/h1-2,4-6,10,12,15-16,22H,3,7-9,11,13-14H2. The average Bonchev–Trinajstić information content (AvgIpc) is 3.31. The van der Waals surface area contributed by atoms with Gasteiger partial charge in [-0.15, -0.1) is 0 Å². The van der Waals surface area contributed by atoms with Gasteiger partial charge in [-0.2, -0.15) is 5.10 Å². The second-order valence-corrected chi connectivity index (χ2v) is 6.84. The van der Waals surface area contributed by atoms with Crippen LogP contribution in [0.25, 0.3) is 10.9 Å². The first-order valence-corrected chi connectivity index (χ1v) is 9.12. The molecule has 5 nitrogen and oxygen atoms in total. The van der Waals surface area contributed by atoms with Crippen molar-refractivity contribution in [2.75, 3.05) is 13.1 Å². The van der Waals surface area contributed by atoms with Crippen molar-refractivity contribution < 1.29 is 4.79 Å². The van der Waals surface area contributed by atoms with Gasteiger partial charge in [0.1, 0.15) is 0 Å². The van der Waals surface area contributed by atoms with Crippen molar-refractivity contribution >= 4 is 16.8 Å². The van der Waals surface area contributed by atoms with Crippen LogP contribution in [0.4, 0.5) is 0 Å². The minimum atomic E-state index is 0.280. The first-order valence-electron chi connectivity index (χ1n) is 9.12. The van der Waals surface area contributed by atoms with Gasteiger partial charge in [-0.3, -0.25) is 9.48 Å². The number of H-pyrrole nitrogens is 1. The summed E-state index contributed by atoms with van der Waals surface area (Å²) in [6.07, 6.45) is 7.25. The Morgan fingerprint density at radius 1 is 1.20 bits per heavy atom. The number of likely N-dealkylation sites (tertiary alicyclic amines) is 1. The van der Waals surface area contributed by atoms with Crippen molar-refractivity contribution in [1.82, 2.24) is 19.7 Å². The third kappa shape index (κ3) is 3.60. The summed E-state index contributed by atoms with van der Waals surface area (Å²) in [7, 11) is 0. The number of aromatic nitrogens is 3. The predicted octanol–water partition coefficient (Wildman–Crippen LogP) is 3.55. The molecule has 1 aromatic carbocycles. The zero-order valence-corrected chi connectivity index (χ0v) is 14.4. The Hall–Kier alpha value is -2.56. The molecule has 1 saturated heterocycles. The number of piperidine rings is 1. The summed E-state index contributed by atoms with van der Waals surface area (Å²) in [5.41, 5.74) is 2.52. The van der Waals surface area contributed by atoms with Crippen molar-refractivity contribution in [3.8, 4) is 0 Å². The number of nitrogens with zero attached hydrogens (tertiary/aromatic N) is 3. The van der Waals surface area contributed by atoms with Gasteiger partial charge >= 0.3 is 0 Å². The Labute approximate surface area is 147 Å². The fourth-order valence-corrected chi connectivity index (χ4v) is 3.74. The van der Waals surface area contributed by atoms with E-state index in [9.17, 15) is 4.79 Å². The maximum absolute atomic E-state index is 12.4. The maximum Gasteiger partial charge on any atom is 0.222 e. The molecule has 5 heteroatoms. The quantitative estimate of drug-likeness (QED) is 0.775. The minimum Gasteiger partial charge on any atom is -0.358 e. The van der Waals surface area contributed by atoms with Gasteiger partial charge in [-0.25, -0.2) is 0 Å². The molecule has 0 radical (unpaired) electrons. The van der Waals surface area contributed by atoms with E-state index in [1.165, 1.54) is 16.6 Å². The molecule has 1 N–H and O–H groups in total. The summed E-state index contributed by atoms with van der Waals surface area (Å²) in [6, 6.07) is 12.6. The number of aryl methyl sites for hydroxylation is 1. The SMILES string of the molecule is O=C(CCCn1cccn1)N1CCC(c2cc3ccccc3[nH]2)CC1. The van der Waals surface area contributed by atoms with Gasteiger partial charge in [0.15, 0.2) is 0 Å². The molecular formula is C20H24N4O. The Balaban J connectivity index is 1.28. The topological polar surface area (TPSA) is 53.9 Å². The van der Waals surface area contributed by atoms with Gasteiger partial charge in [-0.05, 0) is 42.8 Å². The van der Waals surface area contributed by atoms with Crippen LogP contribution in [0.2, 0.25) is 0 Å². The first kappa shape index (κ1) is 15.9. The summed E-state index contributed by atoms with van der Waals surface area (Å²) >= 11 is 0. The highest BCUT2D eigenvalue weighted by atomic mass is 16.2. The van der Waals surface area contributed by atoms with E-state index in [2.05, 4.69) is 40.4 Å². The van der Waals surface area contributed by atoms with Crippen LogP contribution in [0.15, 0.2) is 48.8 Å². The van der Waals surface area contributed by atoms with Crippen molar-refractivity contribution in [1.29, 1.82) is 0 Å². The van der Waals surface area contributed by atoms with Gasteiger partial charge in [-0.1, -0.05) is 18.2 Å². The summed E-state index contributed by atoms with van der Waals surface area (Å²) < 4.78 is 1.88.